The Kier molecular flexibility index (Phi) is 5.80. The number of carbonyl (C=O) groups excluding carboxylic acids is 2. The molecule has 0 saturated heterocycles. The fourth-order valence-corrected chi connectivity index (χ4v) is 3.21. The number of benzene rings is 1. The summed E-state index contributed by atoms with van der Waals surface area (Å²) in [5.74, 6) is -0.329. The number of ether oxygens (including phenoxy) is 1. The summed E-state index contributed by atoms with van der Waals surface area (Å²) in [6.45, 7) is 5.08. The Morgan fingerprint density at radius 3 is 2.25 bits per heavy atom. The molecule has 3 aromatic heterocycles. The van der Waals surface area contributed by atoms with Gasteiger partial charge in [0.2, 0.25) is 0 Å². The van der Waals surface area contributed by atoms with E-state index in [9.17, 15) is 9.59 Å². The summed E-state index contributed by atoms with van der Waals surface area (Å²) in [6, 6.07) is 14.3. The van der Waals surface area contributed by atoms with E-state index in [4.69, 9.17) is 4.74 Å². The molecule has 0 fully saturated rings. The third-order valence-electron chi connectivity index (χ3n) is 4.60. The van der Waals surface area contributed by atoms with Crippen LogP contribution in [0.4, 0.5) is 5.82 Å². The minimum atomic E-state index is -0.582. The fraction of sp³-hybridized carbons (Fsp3) is 0.174. The van der Waals surface area contributed by atoms with Crippen molar-refractivity contribution in [2.24, 2.45) is 0 Å². The number of esters is 1. The largest absolute Gasteiger partial charge is 0.452 e. The van der Waals surface area contributed by atoms with E-state index in [1.165, 1.54) is 4.68 Å². The number of aryl methyl sites for hydroxylation is 3. The Labute approximate surface area is 184 Å². The summed E-state index contributed by atoms with van der Waals surface area (Å²) in [7, 11) is 0. The molecule has 1 aromatic carbocycles. The molecule has 1 amide bonds. The third kappa shape index (κ3) is 4.72. The van der Waals surface area contributed by atoms with Crippen LogP contribution in [-0.2, 0) is 9.53 Å². The zero-order chi connectivity index (χ0) is 22.7. The number of hydrogen-bond donors (Lipinski definition) is 1. The number of nitrogens with zero attached hydrogens (tertiary/aromatic N) is 5. The van der Waals surface area contributed by atoms with E-state index >= 15 is 0 Å². The maximum absolute atomic E-state index is 12.4. The zero-order valence-electron chi connectivity index (χ0n) is 17.9. The predicted octanol–water partition coefficient (Wildman–Crippen LogP) is 3.17. The molecule has 0 atom stereocenters. The number of nitrogens with one attached hydrogen (secondary N) is 1. The van der Waals surface area contributed by atoms with Crippen LogP contribution in [0.1, 0.15) is 27.4 Å². The van der Waals surface area contributed by atoms with Crippen molar-refractivity contribution < 1.29 is 14.3 Å². The SMILES string of the molecule is Cc1cc(C)nc(-n2nc(C)cc2NC(=O)COC(=O)c2ccc(-n3cccc3)cc2)n1. The minimum Gasteiger partial charge on any atom is -0.452 e. The number of amides is 1. The average molecular weight is 430 g/mol. The Balaban J connectivity index is 1.40. The van der Waals surface area contributed by atoms with E-state index in [1.807, 2.05) is 61.1 Å². The van der Waals surface area contributed by atoms with E-state index in [0.29, 0.717) is 23.0 Å². The van der Waals surface area contributed by atoms with Gasteiger partial charge >= 0.3 is 5.97 Å². The second-order valence-electron chi connectivity index (χ2n) is 7.29. The van der Waals surface area contributed by atoms with E-state index in [2.05, 4.69) is 20.4 Å². The van der Waals surface area contributed by atoms with Crippen molar-refractivity contribution in [3.8, 4) is 11.6 Å². The number of aromatic nitrogens is 5. The van der Waals surface area contributed by atoms with Gasteiger partial charge in [0.1, 0.15) is 5.82 Å². The Bertz CT molecular complexity index is 1240. The first-order valence-corrected chi connectivity index (χ1v) is 9.99. The topological polar surface area (TPSA) is 104 Å². The van der Waals surface area contributed by atoms with Crippen LogP contribution in [0.25, 0.3) is 11.6 Å². The lowest BCUT2D eigenvalue weighted by molar-refractivity contribution is -0.119. The smallest absolute Gasteiger partial charge is 0.338 e. The molecule has 0 unspecified atom stereocenters. The van der Waals surface area contributed by atoms with Crippen molar-refractivity contribution in [1.29, 1.82) is 0 Å². The number of hydrogen-bond acceptors (Lipinski definition) is 6. The van der Waals surface area contributed by atoms with Crippen molar-refractivity contribution >= 4 is 17.7 Å². The van der Waals surface area contributed by atoms with Crippen molar-refractivity contribution in [3.63, 3.8) is 0 Å². The number of carbonyl (C=O) groups is 2. The Hall–Kier alpha value is -4.27. The van der Waals surface area contributed by atoms with Crippen LogP contribution in [0.5, 0.6) is 0 Å². The normalized spacial score (nSPS) is 10.7. The van der Waals surface area contributed by atoms with Crippen LogP contribution in [0, 0.1) is 20.8 Å². The first-order chi connectivity index (χ1) is 15.4. The Morgan fingerprint density at radius 2 is 1.59 bits per heavy atom. The number of anilines is 1. The third-order valence-corrected chi connectivity index (χ3v) is 4.60. The maximum atomic E-state index is 12.4. The molecular weight excluding hydrogens is 408 g/mol. The van der Waals surface area contributed by atoms with Crippen molar-refractivity contribution in [2.75, 3.05) is 11.9 Å². The monoisotopic (exact) mass is 430 g/mol. The van der Waals surface area contributed by atoms with Gasteiger partial charge < -0.3 is 14.6 Å². The van der Waals surface area contributed by atoms with Crippen LogP contribution in [0.3, 0.4) is 0 Å². The molecule has 0 radical (unpaired) electrons. The van der Waals surface area contributed by atoms with Gasteiger partial charge in [-0.2, -0.15) is 9.78 Å². The molecule has 0 bridgehead atoms. The lowest BCUT2D eigenvalue weighted by Gasteiger charge is -2.09. The van der Waals surface area contributed by atoms with Gasteiger partial charge in [-0.05, 0) is 63.2 Å². The fourth-order valence-electron chi connectivity index (χ4n) is 3.21. The van der Waals surface area contributed by atoms with Crippen LogP contribution >= 0.6 is 0 Å². The van der Waals surface area contributed by atoms with E-state index in [0.717, 1.165) is 17.1 Å². The molecular formula is C23H22N6O3. The van der Waals surface area contributed by atoms with Crippen molar-refractivity contribution in [1.82, 2.24) is 24.3 Å². The van der Waals surface area contributed by atoms with Gasteiger partial charge in [-0.15, -0.1) is 0 Å². The molecule has 0 aliphatic rings. The molecule has 0 saturated carbocycles. The molecule has 3 heterocycles. The van der Waals surface area contributed by atoms with Crippen LogP contribution in [0.2, 0.25) is 0 Å². The molecule has 9 heteroatoms. The molecule has 1 N–H and O–H groups in total. The first kappa shape index (κ1) is 21.0. The van der Waals surface area contributed by atoms with Crippen LogP contribution < -0.4 is 5.32 Å². The van der Waals surface area contributed by atoms with Gasteiger partial charge in [0, 0.05) is 35.5 Å². The molecule has 9 nitrogen and oxygen atoms in total. The highest BCUT2D eigenvalue weighted by Crippen LogP contribution is 2.16. The highest BCUT2D eigenvalue weighted by atomic mass is 16.5. The molecule has 0 spiro atoms. The lowest BCUT2D eigenvalue weighted by atomic mass is 10.2. The molecule has 32 heavy (non-hydrogen) atoms. The molecule has 0 aliphatic carbocycles. The van der Waals surface area contributed by atoms with Gasteiger partial charge in [0.05, 0.1) is 11.3 Å². The molecule has 4 aromatic rings. The lowest BCUT2D eigenvalue weighted by Crippen LogP contribution is -2.22. The highest BCUT2D eigenvalue weighted by Gasteiger charge is 2.15. The van der Waals surface area contributed by atoms with Crippen molar-refractivity contribution in [2.45, 2.75) is 20.8 Å². The standard InChI is InChI=1S/C23H22N6O3/c1-15-12-16(2)25-23(24-15)29-20(13-17(3)27-29)26-21(30)14-32-22(31)18-6-8-19(9-7-18)28-10-4-5-11-28/h4-13H,14H2,1-3H3,(H,26,30). The summed E-state index contributed by atoms with van der Waals surface area (Å²) in [5.41, 5.74) is 3.53. The van der Waals surface area contributed by atoms with Gasteiger partial charge in [0.25, 0.3) is 11.9 Å². The summed E-state index contributed by atoms with van der Waals surface area (Å²) >= 11 is 0. The van der Waals surface area contributed by atoms with Crippen LogP contribution in [-0.4, -0.2) is 42.8 Å². The van der Waals surface area contributed by atoms with Gasteiger partial charge in [-0.25, -0.2) is 14.8 Å². The second kappa shape index (κ2) is 8.84. The maximum Gasteiger partial charge on any atom is 0.338 e. The predicted molar refractivity (Wildman–Crippen MR) is 118 cm³/mol. The van der Waals surface area contributed by atoms with Gasteiger partial charge in [-0.1, -0.05) is 0 Å². The molecule has 4 rings (SSSR count). The van der Waals surface area contributed by atoms with E-state index in [1.54, 1.807) is 25.1 Å². The van der Waals surface area contributed by atoms with Gasteiger partial charge in [0.15, 0.2) is 6.61 Å². The summed E-state index contributed by atoms with van der Waals surface area (Å²) in [4.78, 5) is 33.5. The quantitative estimate of drug-likeness (QED) is 0.471. The summed E-state index contributed by atoms with van der Waals surface area (Å²) in [5, 5.41) is 7.06. The average Bonchev–Trinajstić information content (AvgIpc) is 3.41. The summed E-state index contributed by atoms with van der Waals surface area (Å²) < 4.78 is 8.54. The molecule has 0 aliphatic heterocycles. The van der Waals surface area contributed by atoms with Gasteiger partial charge in [-0.3, -0.25) is 4.79 Å². The van der Waals surface area contributed by atoms with Crippen LogP contribution in [0.15, 0.2) is 60.9 Å². The second-order valence-corrected chi connectivity index (χ2v) is 7.29. The highest BCUT2D eigenvalue weighted by molar-refractivity contribution is 5.95. The first-order valence-electron chi connectivity index (χ1n) is 9.99. The summed E-state index contributed by atoms with van der Waals surface area (Å²) in [6.07, 6.45) is 3.82. The number of rotatable bonds is 6. The Morgan fingerprint density at radius 1 is 0.938 bits per heavy atom. The van der Waals surface area contributed by atoms with Crippen molar-refractivity contribution in [3.05, 3.63) is 83.6 Å². The van der Waals surface area contributed by atoms with E-state index in [-0.39, 0.29) is 0 Å². The van der Waals surface area contributed by atoms with E-state index < -0.39 is 18.5 Å². The minimum absolute atomic E-state index is 0.352. The zero-order valence-corrected chi connectivity index (χ0v) is 17.9. The molecule has 162 valence electrons.